The molecule has 3 aromatic rings. The first-order valence-corrected chi connectivity index (χ1v) is 9.91. The van der Waals surface area contributed by atoms with Crippen LogP contribution in [0.1, 0.15) is 39.1 Å². The van der Waals surface area contributed by atoms with Gasteiger partial charge in [0, 0.05) is 17.9 Å². The Labute approximate surface area is 184 Å². The third kappa shape index (κ3) is 6.87. The Morgan fingerprint density at radius 2 is 1.75 bits per heavy atom. The lowest BCUT2D eigenvalue weighted by Crippen LogP contribution is -2.15. The summed E-state index contributed by atoms with van der Waals surface area (Å²) in [6.07, 6.45) is -2.93. The fraction of sp³-hybridized carbons (Fsp3) is 0.333. The third-order valence-corrected chi connectivity index (χ3v) is 3.65. The number of alkyl halides is 3. The number of anilines is 3. The quantitative estimate of drug-likeness (QED) is 0.546. The Morgan fingerprint density at radius 3 is 2.41 bits per heavy atom. The molecule has 0 saturated heterocycles. The van der Waals surface area contributed by atoms with Crippen molar-refractivity contribution in [3.05, 3.63) is 47.9 Å². The summed E-state index contributed by atoms with van der Waals surface area (Å²) in [4.78, 5) is 20.4. The van der Waals surface area contributed by atoms with Crippen molar-refractivity contribution in [1.29, 1.82) is 5.26 Å². The molecule has 0 unspecified atom stereocenters. The van der Waals surface area contributed by atoms with E-state index in [1.807, 2.05) is 33.8 Å². The van der Waals surface area contributed by atoms with Crippen LogP contribution in [0.15, 0.2) is 36.5 Å². The van der Waals surface area contributed by atoms with Crippen LogP contribution in [-0.4, -0.2) is 31.0 Å². The van der Waals surface area contributed by atoms with E-state index in [4.69, 9.17) is 5.26 Å². The second-order valence-corrected chi connectivity index (χ2v) is 6.51. The zero-order valence-electron chi connectivity index (χ0n) is 18.1. The van der Waals surface area contributed by atoms with Crippen LogP contribution in [-0.2, 0) is 12.6 Å². The van der Waals surface area contributed by atoms with Gasteiger partial charge in [0.25, 0.3) is 0 Å². The average molecular weight is 444 g/mol. The highest BCUT2D eigenvalue weighted by atomic mass is 19.4. The number of aromatic nitrogens is 5. The van der Waals surface area contributed by atoms with Gasteiger partial charge in [0.05, 0.1) is 18.2 Å². The average Bonchev–Trinajstić information content (AvgIpc) is 2.74. The van der Waals surface area contributed by atoms with Crippen molar-refractivity contribution in [2.24, 2.45) is 0 Å². The molecule has 3 rings (SSSR count). The predicted molar refractivity (Wildman–Crippen MR) is 115 cm³/mol. The molecule has 3 heterocycles. The molecule has 0 spiro atoms. The Bertz CT molecular complexity index is 1080. The van der Waals surface area contributed by atoms with E-state index in [0.717, 1.165) is 6.07 Å². The Morgan fingerprint density at radius 1 is 1.03 bits per heavy atom. The van der Waals surface area contributed by atoms with Crippen LogP contribution in [0.25, 0.3) is 11.5 Å². The Kier molecular flexibility index (Phi) is 8.40. The molecular weight excluding hydrogens is 421 g/mol. The van der Waals surface area contributed by atoms with Crippen LogP contribution in [0.3, 0.4) is 0 Å². The summed E-state index contributed by atoms with van der Waals surface area (Å²) >= 11 is 0. The van der Waals surface area contributed by atoms with E-state index in [2.05, 4.69) is 35.6 Å². The standard InChI is InChI=1S/C19H17F3N8.C2H6/c1-11(2)25-17-28-16(14-4-3-5-15(27-14)19(20,21)22)29-18(30-17)26-13-7-9-24-12(10-13)6-8-23;1-2/h3-5,7,9-11H,6H2,1-2H3,(H2,24,25,26,28,29,30);1-2H3. The molecule has 0 aliphatic rings. The first-order chi connectivity index (χ1) is 15.2. The van der Waals surface area contributed by atoms with E-state index in [9.17, 15) is 13.2 Å². The van der Waals surface area contributed by atoms with Gasteiger partial charge in [-0.3, -0.25) is 4.98 Å². The summed E-state index contributed by atoms with van der Waals surface area (Å²) in [5.74, 6) is 0.271. The van der Waals surface area contributed by atoms with E-state index in [-0.39, 0.29) is 35.9 Å². The number of nitrogens with one attached hydrogen (secondary N) is 2. The highest BCUT2D eigenvalue weighted by Crippen LogP contribution is 2.29. The van der Waals surface area contributed by atoms with Gasteiger partial charge in [-0.1, -0.05) is 19.9 Å². The normalized spacial score (nSPS) is 10.7. The van der Waals surface area contributed by atoms with E-state index < -0.39 is 11.9 Å². The molecule has 0 amide bonds. The van der Waals surface area contributed by atoms with Crippen molar-refractivity contribution >= 4 is 17.6 Å². The number of rotatable bonds is 6. The van der Waals surface area contributed by atoms with Gasteiger partial charge < -0.3 is 10.6 Å². The maximum atomic E-state index is 13.0. The van der Waals surface area contributed by atoms with E-state index >= 15 is 0 Å². The van der Waals surface area contributed by atoms with Crippen molar-refractivity contribution in [3.63, 3.8) is 0 Å². The minimum absolute atomic E-state index is 0.0203. The highest BCUT2D eigenvalue weighted by Gasteiger charge is 2.32. The van der Waals surface area contributed by atoms with Crippen molar-refractivity contribution in [2.45, 2.75) is 46.3 Å². The SMILES string of the molecule is CC.CC(C)Nc1nc(Nc2ccnc(CC#N)c2)nc(-c2cccc(C(F)(F)F)n2)n1. The third-order valence-electron chi connectivity index (χ3n) is 3.65. The molecule has 0 radical (unpaired) electrons. The van der Waals surface area contributed by atoms with Gasteiger partial charge in [0.15, 0.2) is 5.82 Å². The zero-order chi connectivity index (χ0) is 23.7. The molecule has 3 aromatic heterocycles. The predicted octanol–water partition coefficient (Wildman–Crippen LogP) is 5.00. The number of nitrogens with zero attached hydrogens (tertiary/aromatic N) is 6. The second kappa shape index (κ2) is 11.0. The summed E-state index contributed by atoms with van der Waals surface area (Å²) in [5.41, 5.74) is 0.0438. The molecule has 0 fully saturated rings. The molecule has 0 atom stereocenters. The van der Waals surface area contributed by atoms with Crippen molar-refractivity contribution < 1.29 is 13.2 Å². The molecule has 0 saturated carbocycles. The Balaban J connectivity index is 0.00000176. The maximum absolute atomic E-state index is 13.0. The van der Waals surface area contributed by atoms with Gasteiger partial charge in [0.1, 0.15) is 11.4 Å². The van der Waals surface area contributed by atoms with Gasteiger partial charge in [-0.05, 0) is 38.1 Å². The van der Waals surface area contributed by atoms with E-state index in [1.54, 1.807) is 12.1 Å². The lowest BCUT2D eigenvalue weighted by molar-refractivity contribution is -0.141. The maximum Gasteiger partial charge on any atom is 0.433 e. The number of halogens is 3. The molecule has 168 valence electrons. The molecule has 0 aromatic carbocycles. The number of nitriles is 1. The van der Waals surface area contributed by atoms with Crippen molar-refractivity contribution in [2.75, 3.05) is 10.6 Å². The fourth-order valence-corrected chi connectivity index (χ4v) is 2.45. The minimum Gasteiger partial charge on any atom is -0.352 e. The molecule has 0 aliphatic heterocycles. The van der Waals surface area contributed by atoms with Crippen molar-refractivity contribution in [1.82, 2.24) is 24.9 Å². The van der Waals surface area contributed by atoms with Gasteiger partial charge in [-0.25, -0.2) is 4.98 Å². The molecule has 0 aliphatic carbocycles. The summed E-state index contributed by atoms with van der Waals surface area (Å²) in [5, 5.41) is 14.8. The van der Waals surface area contributed by atoms with Crippen LogP contribution in [0, 0.1) is 11.3 Å². The summed E-state index contributed by atoms with van der Waals surface area (Å²) in [6, 6.07) is 8.82. The van der Waals surface area contributed by atoms with Crippen molar-refractivity contribution in [3.8, 4) is 17.6 Å². The molecular formula is C21H23F3N8. The largest absolute Gasteiger partial charge is 0.433 e. The van der Waals surface area contributed by atoms with E-state index in [0.29, 0.717) is 11.4 Å². The molecule has 32 heavy (non-hydrogen) atoms. The molecule has 2 N–H and O–H groups in total. The topological polar surface area (TPSA) is 112 Å². The molecule has 8 nitrogen and oxygen atoms in total. The lowest BCUT2D eigenvalue weighted by atomic mass is 10.2. The fourth-order valence-electron chi connectivity index (χ4n) is 2.45. The zero-order valence-corrected chi connectivity index (χ0v) is 18.1. The summed E-state index contributed by atoms with van der Waals surface area (Å²) in [7, 11) is 0. The Hall–Kier alpha value is -3.81. The monoisotopic (exact) mass is 444 g/mol. The summed E-state index contributed by atoms with van der Waals surface area (Å²) < 4.78 is 39.1. The van der Waals surface area contributed by atoms with Gasteiger partial charge in [-0.2, -0.15) is 33.4 Å². The second-order valence-electron chi connectivity index (χ2n) is 6.51. The first kappa shape index (κ1) is 24.5. The highest BCUT2D eigenvalue weighted by molar-refractivity contribution is 5.59. The van der Waals surface area contributed by atoms with Crippen LogP contribution >= 0.6 is 0 Å². The number of pyridine rings is 2. The number of hydrogen-bond donors (Lipinski definition) is 2. The van der Waals surface area contributed by atoms with Gasteiger partial charge >= 0.3 is 6.18 Å². The lowest BCUT2D eigenvalue weighted by Gasteiger charge is -2.13. The number of hydrogen-bond acceptors (Lipinski definition) is 8. The minimum atomic E-state index is -4.59. The van der Waals surface area contributed by atoms with Gasteiger partial charge in [0.2, 0.25) is 11.9 Å². The first-order valence-electron chi connectivity index (χ1n) is 9.91. The molecule has 0 bridgehead atoms. The smallest absolute Gasteiger partial charge is 0.352 e. The van der Waals surface area contributed by atoms with Crippen LogP contribution < -0.4 is 10.6 Å². The summed E-state index contributed by atoms with van der Waals surface area (Å²) in [6.45, 7) is 7.74. The van der Waals surface area contributed by atoms with Crippen LogP contribution in [0.4, 0.5) is 30.8 Å². The van der Waals surface area contributed by atoms with Crippen LogP contribution in [0.2, 0.25) is 0 Å². The molecule has 11 heteroatoms. The van der Waals surface area contributed by atoms with E-state index in [1.165, 1.54) is 18.3 Å². The van der Waals surface area contributed by atoms with Gasteiger partial charge in [-0.15, -0.1) is 0 Å². The van der Waals surface area contributed by atoms with Crippen LogP contribution in [0.5, 0.6) is 0 Å².